The molecule has 20 heavy (non-hydrogen) atoms. The van der Waals surface area contributed by atoms with E-state index >= 15 is 0 Å². The number of piperidine rings is 1. The van der Waals surface area contributed by atoms with Crippen molar-refractivity contribution in [1.29, 1.82) is 0 Å². The van der Waals surface area contributed by atoms with Crippen LogP contribution in [0.15, 0.2) is 18.2 Å². The molecule has 0 saturated carbocycles. The molecule has 1 aromatic rings. The van der Waals surface area contributed by atoms with Crippen LogP contribution < -0.4 is 0 Å². The molecule has 110 valence electrons. The molecular formula is C15H19Cl2NO2. The summed E-state index contributed by atoms with van der Waals surface area (Å²) in [7, 11) is 0. The minimum atomic E-state index is -0.733. The largest absolute Gasteiger partial charge is 0.480 e. The van der Waals surface area contributed by atoms with Gasteiger partial charge in [0.2, 0.25) is 0 Å². The number of aliphatic carboxylic acids is 1. The van der Waals surface area contributed by atoms with E-state index in [1.54, 1.807) is 6.07 Å². The monoisotopic (exact) mass is 315 g/mol. The van der Waals surface area contributed by atoms with Crippen LogP contribution in [-0.2, 0) is 4.79 Å². The molecule has 1 heterocycles. The maximum Gasteiger partial charge on any atom is 0.320 e. The smallest absolute Gasteiger partial charge is 0.320 e. The van der Waals surface area contributed by atoms with E-state index in [1.807, 2.05) is 12.1 Å². The van der Waals surface area contributed by atoms with Crippen LogP contribution in [0.2, 0.25) is 10.0 Å². The Morgan fingerprint density at radius 2 is 2.15 bits per heavy atom. The molecule has 0 aliphatic carbocycles. The first kappa shape index (κ1) is 15.6. The molecule has 0 spiro atoms. The predicted molar refractivity (Wildman–Crippen MR) is 81.5 cm³/mol. The zero-order chi connectivity index (χ0) is 14.7. The molecule has 0 amide bonds. The summed E-state index contributed by atoms with van der Waals surface area (Å²) in [5, 5.41) is 10.5. The molecule has 1 N–H and O–H groups in total. The Kier molecular flexibility index (Phi) is 5.30. The van der Waals surface area contributed by atoms with Gasteiger partial charge in [-0.3, -0.25) is 9.69 Å². The number of carboxylic acid groups (broad SMARTS) is 1. The van der Waals surface area contributed by atoms with Crippen molar-refractivity contribution >= 4 is 29.2 Å². The lowest BCUT2D eigenvalue weighted by Crippen LogP contribution is -2.46. The molecule has 1 fully saturated rings. The standard InChI is InChI=1S/C15H19Cl2NO2/c1-2-13(10-6-7-11(16)12(17)9-10)18-8-4-3-5-14(18)15(19)20/h6-7,9,13-14H,2-5,8H2,1H3,(H,19,20). The fourth-order valence-electron chi connectivity index (χ4n) is 2.97. The first-order valence-corrected chi connectivity index (χ1v) is 7.73. The third-order valence-corrected chi connectivity index (χ3v) is 4.68. The van der Waals surface area contributed by atoms with Gasteiger partial charge in [0.25, 0.3) is 0 Å². The first-order valence-electron chi connectivity index (χ1n) is 6.98. The topological polar surface area (TPSA) is 40.5 Å². The maximum atomic E-state index is 11.4. The van der Waals surface area contributed by atoms with Gasteiger partial charge in [-0.15, -0.1) is 0 Å². The normalized spacial score (nSPS) is 21.6. The lowest BCUT2D eigenvalue weighted by Gasteiger charge is -2.39. The van der Waals surface area contributed by atoms with Gasteiger partial charge < -0.3 is 5.11 Å². The van der Waals surface area contributed by atoms with Gasteiger partial charge in [0, 0.05) is 6.04 Å². The van der Waals surface area contributed by atoms with Gasteiger partial charge >= 0.3 is 5.97 Å². The molecular weight excluding hydrogens is 297 g/mol. The van der Waals surface area contributed by atoms with Crippen LogP contribution in [0.1, 0.15) is 44.2 Å². The Hall–Kier alpha value is -0.770. The lowest BCUT2D eigenvalue weighted by atomic mass is 9.95. The molecule has 2 rings (SSSR count). The molecule has 1 saturated heterocycles. The van der Waals surface area contributed by atoms with Gasteiger partial charge in [-0.25, -0.2) is 0 Å². The summed E-state index contributed by atoms with van der Waals surface area (Å²) in [4.78, 5) is 13.5. The number of rotatable bonds is 4. The number of hydrogen-bond acceptors (Lipinski definition) is 2. The highest BCUT2D eigenvalue weighted by Gasteiger charge is 2.33. The first-order chi connectivity index (χ1) is 9.54. The Morgan fingerprint density at radius 1 is 1.40 bits per heavy atom. The molecule has 0 bridgehead atoms. The van der Waals surface area contributed by atoms with E-state index in [1.165, 1.54) is 0 Å². The highest BCUT2D eigenvalue weighted by Crippen LogP contribution is 2.34. The average Bonchev–Trinajstić information content (AvgIpc) is 2.44. The Morgan fingerprint density at radius 3 is 2.75 bits per heavy atom. The number of likely N-dealkylation sites (tertiary alicyclic amines) is 1. The number of carboxylic acids is 1. The van der Waals surface area contributed by atoms with Crippen molar-refractivity contribution in [2.75, 3.05) is 6.54 Å². The summed E-state index contributed by atoms with van der Waals surface area (Å²) in [6, 6.07) is 5.25. The summed E-state index contributed by atoms with van der Waals surface area (Å²) >= 11 is 12.0. The second kappa shape index (κ2) is 6.79. The molecule has 1 aliphatic heterocycles. The van der Waals surface area contributed by atoms with Gasteiger partial charge in [-0.05, 0) is 43.5 Å². The van der Waals surface area contributed by atoms with E-state index in [0.717, 1.165) is 31.4 Å². The van der Waals surface area contributed by atoms with Crippen LogP contribution in [-0.4, -0.2) is 28.6 Å². The van der Waals surface area contributed by atoms with Crippen LogP contribution in [0.5, 0.6) is 0 Å². The Balaban J connectivity index is 2.29. The van der Waals surface area contributed by atoms with Crippen LogP contribution in [0.4, 0.5) is 0 Å². The number of benzene rings is 1. The van der Waals surface area contributed by atoms with Crippen LogP contribution >= 0.6 is 23.2 Å². The van der Waals surface area contributed by atoms with Crippen molar-refractivity contribution in [3.63, 3.8) is 0 Å². The van der Waals surface area contributed by atoms with Crippen molar-refractivity contribution in [1.82, 2.24) is 4.90 Å². The fourth-order valence-corrected chi connectivity index (χ4v) is 3.28. The van der Waals surface area contributed by atoms with Crippen molar-refractivity contribution in [2.45, 2.75) is 44.7 Å². The maximum absolute atomic E-state index is 11.4. The second-order valence-electron chi connectivity index (χ2n) is 5.19. The van der Waals surface area contributed by atoms with Crippen molar-refractivity contribution in [2.24, 2.45) is 0 Å². The third-order valence-electron chi connectivity index (χ3n) is 3.94. The van der Waals surface area contributed by atoms with E-state index in [4.69, 9.17) is 23.2 Å². The zero-order valence-electron chi connectivity index (χ0n) is 11.5. The van der Waals surface area contributed by atoms with Crippen molar-refractivity contribution in [3.05, 3.63) is 33.8 Å². The Bertz CT molecular complexity index is 493. The van der Waals surface area contributed by atoms with Gasteiger partial charge in [-0.1, -0.05) is 42.6 Å². The zero-order valence-corrected chi connectivity index (χ0v) is 13.0. The number of carbonyl (C=O) groups is 1. The molecule has 5 heteroatoms. The minimum absolute atomic E-state index is 0.0752. The highest BCUT2D eigenvalue weighted by atomic mass is 35.5. The quantitative estimate of drug-likeness (QED) is 0.896. The highest BCUT2D eigenvalue weighted by molar-refractivity contribution is 6.42. The molecule has 0 radical (unpaired) electrons. The van der Waals surface area contributed by atoms with E-state index in [9.17, 15) is 9.90 Å². The van der Waals surface area contributed by atoms with E-state index in [0.29, 0.717) is 16.5 Å². The van der Waals surface area contributed by atoms with Crippen LogP contribution in [0.25, 0.3) is 0 Å². The number of nitrogens with zero attached hydrogens (tertiary/aromatic N) is 1. The van der Waals surface area contributed by atoms with Gasteiger partial charge in [0.15, 0.2) is 0 Å². The van der Waals surface area contributed by atoms with Gasteiger partial charge in [0.05, 0.1) is 10.0 Å². The molecule has 3 nitrogen and oxygen atoms in total. The van der Waals surface area contributed by atoms with Crippen molar-refractivity contribution < 1.29 is 9.90 Å². The van der Waals surface area contributed by atoms with E-state index < -0.39 is 12.0 Å². The van der Waals surface area contributed by atoms with Gasteiger partial charge in [-0.2, -0.15) is 0 Å². The fraction of sp³-hybridized carbons (Fsp3) is 0.533. The summed E-state index contributed by atoms with van der Waals surface area (Å²) in [5.41, 5.74) is 1.04. The molecule has 1 aliphatic rings. The third kappa shape index (κ3) is 3.27. The SMILES string of the molecule is CCC(c1ccc(Cl)c(Cl)c1)N1CCCCC1C(=O)O. The Labute approximate surface area is 129 Å². The van der Waals surface area contributed by atoms with E-state index in [2.05, 4.69) is 11.8 Å². The summed E-state index contributed by atoms with van der Waals surface area (Å²) < 4.78 is 0. The van der Waals surface area contributed by atoms with Crippen LogP contribution in [0.3, 0.4) is 0 Å². The summed E-state index contributed by atoms with van der Waals surface area (Å²) in [6.07, 6.45) is 3.59. The summed E-state index contributed by atoms with van der Waals surface area (Å²) in [5.74, 6) is -0.733. The van der Waals surface area contributed by atoms with Crippen molar-refractivity contribution in [3.8, 4) is 0 Å². The minimum Gasteiger partial charge on any atom is -0.480 e. The average molecular weight is 316 g/mol. The predicted octanol–water partition coefficient (Wildman–Crippen LogP) is 4.38. The van der Waals surface area contributed by atoms with Gasteiger partial charge in [0.1, 0.15) is 6.04 Å². The molecule has 1 aromatic carbocycles. The second-order valence-corrected chi connectivity index (χ2v) is 6.00. The summed E-state index contributed by atoms with van der Waals surface area (Å²) in [6.45, 7) is 2.89. The lowest BCUT2D eigenvalue weighted by molar-refractivity contribution is -0.146. The molecule has 2 atom stereocenters. The molecule has 0 aromatic heterocycles. The number of halogens is 2. The number of hydrogen-bond donors (Lipinski definition) is 1. The molecule has 2 unspecified atom stereocenters. The van der Waals surface area contributed by atoms with E-state index in [-0.39, 0.29) is 6.04 Å². The van der Waals surface area contributed by atoms with Crippen LogP contribution in [0, 0.1) is 0 Å².